The second-order valence-electron chi connectivity index (χ2n) is 7.17. The second-order valence-corrected chi connectivity index (χ2v) is 8.15. The van der Waals surface area contributed by atoms with E-state index in [1.54, 1.807) is 0 Å². The van der Waals surface area contributed by atoms with Gasteiger partial charge in [0.2, 0.25) is 0 Å². The summed E-state index contributed by atoms with van der Waals surface area (Å²) in [6.45, 7) is 0.359. The molecule has 0 atom stereocenters. The number of hydrogen-bond donors (Lipinski definition) is 0. The van der Waals surface area contributed by atoms with Gasteiger partial charge in [0.1, 0.15) is 0 Å². The van der Waals surface area contributed by atoms with Crippen LogP contribution in [0.2, 0.25) is 0 Å². The van der Waals surface area contributed by atoms with E-state index in [1.165, 1.54) is 11.3 Å². The third kappa shape index (κ3) is 3.56. The first-order valence-electron chi connectivity index (χ1n) is 9.94. The molecule has 1 heterocycles. The molecule has 0 saturated carbocycles. The SMILES string of the molecule is C#CCn1c(=NC(=O)c2ccc(-c3ccccc3)cc2)sc2c3ccccc3ccc21. The number of carbonyl (C=O) groups excluding carboxylic acids is 1. The number of terminal acetylenes is 1. The van der Waals surface area contributed by atoms with Crippen molar-refractivity contribution in [2.75, 3.05) is 0 Å². The lowest BCUT2D eigenvalue weighted by Crippen LogP contribution is -2.16. The van der Waals surface area contributed by atoms with Crippen LogP contribution in [0, 0.1) is 12.3 Å². The Bertz CT molecular complexity index is 1520. The first-order chi connectivity index (χ1) is 15.2. The van der Waals surface area contributed by atoms with Gasteiger partial charge in [0.05, 0.1) is 16.8 Å². The van der Waals surface area contributed by atoms with E-state index in [9.17, 15) is 4.79 Å². The van der Waals surface area contributed by atoms with Crippen molar-refractivity contribution >= 4 is 38.2 Å². The maximum Gasteiger partial charge on any atom is 0.279 e. The van der Waals surface area contributed by atoms with Gasteiger partial charge in [0, 0.05) is 10.9 Å². The molecule has 0 aliphatic rings. The van der Waals surface area contributed by atoms with Crippen LogP contribution in [-0.4, -0.2) is 10.5 Å². The quantitative estimate of drug-likeness (QED) is 0.336. The Hall–Kier alpha value is -3.94. The highest BCUT2D eigenvalue weighted by Crippen LogP contribution is 2.27. The van der Waals surface area contributed by atoms with Crippen LogP contribution in [0.15, 0.2) is 96.0 Å². The summed E-state index contributed by atoms with van der Waals surface area (Å²) >= 11 is 1.50. The fraction of sp³-hybridized carbons (Fsp3) is 0.0370. The van der Waals surface area contributed by atoms with Crippen molar-refractivity contribution in [3.8, 4) is 23.5 Å². The van der Waals surface area contributed by atoms with Crippen molar-refractivity contribution in [1.82, 2.24) is 4.57 Å². The van der Waals surface area contributed by atoms with Crippen LogP contribution in [0.4, 0.5) is 0 Å². The van der Waals surface area contributed by atoms with Crippen molar-refractivity contribution in [3.05, 3.63) is 101 Å². The van der Waals surface area contributed by atoms with Crippen LogP contribution < -0.4 is 4.80 Å². The second kappa shape index (κ2) is 8.06. The zero-order valence-electron chi connectivity index (χ0n) is 16.7. The third-order valence-electron chi connectivity index (χ3n) is 5.26. The molecule has 31 heavy (non-hydrogen) atoms. The lowest BCUT2D eigenvalue weighted by molar-refractivity contribution is 0.0998. The molecule has 0 saturated heterocycles. The average molecular weight is 419 g/mol. The molecule has 0 spiro atoms. The fourth-order valence-corrected chi connectivity index (χ4v) is 4.88. The van der Waals surface area contributed by atoms with Crippen molar-refractivity contribution in [3.63, 3.8) is 0 Å². The fourth-order valence-electron chi connectivity index (χ4n) is 3.72. The summed E-state index contributed by atoms with van der Waals surface area (Å²) in [6, 6.07) is 29.9. The topological polar surface area (TPSA) is 34.4 Å². The molecule has 0 N–H and O–H groups in total. The third-order valence-corrected chi connectivity index (χ3v) is 6.39. The van der Waals surface area contributed by atoms with Crippen molar-refractivity contribution in [2.24, 2.45) is 4.99 Å². The first-order valence-corrected chi connectivity index (χ1v) is 10.8. The van der Waals surface area contributed by atoms with Gasteiger partial charge in [-0.25, -0.2) is 0 Å². The summed E-state index contributed by atoms with van der Waals surface area (Å²) in [7, 11) is 0. The largest absolute Gasteiger partial charge is 0.305 e. The lowest BCUT2D eigenvalue weighted by atomic mass is 10.0. The van der Waals surface area contributed by atoms with E-state index in [-0.39, 0.29) is 5.91 Å². The van der Waals surface area contributed by atoms with E-state index in [1.807, 2.05) is 77.4 Å². The number of nitrogens with zero attached hydrogens (tertiary/aromatic N) is 2. The normalized spacial score (nSPS) is 11.6. The highest BCUT2D eigenvalue weighted by atomic mass is 32.1. The molecule has 3 nitrogen and oxygen atoms in total. The molecule has 1 aromatic heterocycles. The van der Waals surface area contributed by atoms with Crippen molar-refractivity contribution < 1.29 is 4.79 Å². The minimum atomic E-state index is -0.277. The van der Waals surface area contributed by atoms with Gasteiger partial charge in [-0.15, -0.1) is 6.42 Å². The molecule has 148 valence electrons. The molecule has 0 unspecified atom stereocenters. The molecule has 5 aromatic rings. The van der Waals surface area contributed by atoms with Crippen LogP contribution >= 0.6 is 11.3 Å². The van der Waals surface area contributed by atoms with Crippen LogP contribution in [0.25, 0.3) is 32.1 Å². The molecule has 0 bridgehead atoms. The van der Waals surface area contributed by atoms with Gasteiger partial charge in [-0.2, -0.15) is 4.99 Å². The van der Waals surface area contributed by atoms with Gasteiger partial charge in [-0.05, 0) is 34.7 Å². The van der Waals surface area contributed by atoms with Gasteiger partial charge in [-0.1, -0.05) is 90.1 Å². The molecule has 0 fully saturated rings. The highest BCUT2D eigenvalue weighted by Gasteiger charge is 2.11. The number of aromatic nitrogens is 1. The van der Waals surface area contributed by atoms with Gasteiger partial charge >= 0.3 is 0 Å². The maximum absolute atomic E-state index is 12.9. The molecule has 5 rings (SSSR count). The Kier molecular flexibility index (Phi) is 4.95. The number of amides is 1. The number of carbonyl (C=O) groups is 1. The van der Waals surface area contributed by atoms with Crippen LogP contribution in [0.1, 0.15) is 10.4 Å². The van der Waals surface area contributed by atoms with Crippen LogP contribution in [0.5, 0.6) is 0 Å². The maximum atomic E-state index is 12.9. The van der Waals surface area contributed by atoms with Gasteiger partial charge in [0.25, 0.3) is 5.91 Å². The van der Waals surface area contributed by atoms with Crippen molar-refractivity contribution in [2.45, 2.75) is 6.54 Å². The Morgan fingerprint density at radius 1 is 0.871 bits per heavy atom. The summed E-state index contributed by atoms with van der Waals surface area (Å²) in [5.74, 6) is 2.41. The molecule has 0 aliphatic carbocycles. The summed E-state index contributed by atoms with van der Waals surface area (Å²) in [5.41, 5.74) is 3.72. The molecule has 0 aliphatic heterocycles. The number of hydrogen-bond acceptors (Lipinski definition) is 2. The predicted molar refractivity (Wildman–Crippen MR) is 128 cm³/mol. The number of fused-ring (bicyclic) bond motifs is 3. The predicted octanol–water partition coefficient (Wildman–Crippen LogP) is 5.90. The zero-order valence-corrected chi connectivity index (χ0v) is 17.5. The lowest BCUT2D eigenvalue weighted by Gasteiger charge is -2.03. The van der Waals surface area contributed by atoms with E-state index in [0.29, 0.717) is 16.9 Å². The summed E-state index contributed by atoms with van der Waals surface area (Å²) in [6.07, 6.45) is 5.61. The van der Waals surface area contributed by atoms with E-state index in [0.717, 1.165) is 32.1 Å². The minimum Gasteiger partial charge on any atom is -0.305 e. The summed E-state index contributed by atoms with van der Waals surface area (Å²) in [4.78, 5) is 18.0. The molecule has 0 radical (unpaired) electrons. The Balaban J connectivity index is 1.59. The zero-order chi connectivity index (χ0) is 21.2. The number of benzene rings is 4. The minimum absolute atomic E-state index is 0.277. The molecular weight excluding hydrogens is 400 g/mol. The van der Waals surface area contributed by atoms with Gasteiger partial charge in [0.15, 0.2) is 4.80 Å². The average Bonchev–Trinajstić information content (AvgIpc) is 3.17. The Labute approximate surface area is 183 Å². The van der Waals surface area contributed by atoms with Gasteiger partial charge < -0.3 is 4.57 Å². The smallest absolute Gasteiger partial charge is 0.279 e. The van der Waals surface area contributed by atoms with E-state index < -0.39 is 0 Å². The van der Waals surface area contributed by atoms with E-state index in [4.69, 9.17) is 6.42 Å². The standard InChI is InChI=1S/C27H18N2OS/c1-2-18-29-24-17-16-21-10-6-7-11-23(21)25(24)31-27(29)28-26(30)22-14-12-20(13-15-22)19-8-4-3-5-9-19/h1,3-17H,18H2. The number of rotatable bonds is 3. The highest BCUT2D eigenvalue weighted by molar-refractivity contribution is 7.17. The van der Waals surface area contributed by atoms with Crippen LogP contribution in [-0.2, 0) is 6.54 Å². The summed E-state index contributed by atoms with van der Waals surface area (Å²) < 4.78 is 3.02. The van der Waals surface area contributed by atoms with Crippen LogP contribution in [0.3, 0.4) is 0 Å². The monoisotopic (exact) mass is 418 g/mol. The number of thiazole rings is 1. The first kappa shape index (κ1) is 19.0. The van der Waals surface area contributed by atoms with Gasteiger partial charge in [-0.3, -0.25) is 4.79 Å². The Morgan fingerprint density at radius 3 is 2.35 bits per heavy atom. The molecule has 4 aromatic carbocycles. The molecule has 4 heteroatoms. The van der Waals surface area contributed by atoms with E-state index >= 15 is 0 Å². The molecular formula is C27H18N2OS. The van der Waals surface area contributed by atoms with E-state index in [2.05, 4.69) is 29.1 Å². The van der Waals surface area contributed by atoms with Crippen molar-refractivity contribution in [1.29, 1.82) is 0 Å². The summed E-state index contributed by atoms with van der Waals surface area (Å²) in [5, 5.41) is 2.29. The Morgan fingerprint density at radius 2 is 1.58 bits per heavy atom. The molecule has 1 amide bonds.